The van der Waals surface area contributed by atoms with Gasteiger partial charge >= 0.3 is 11.9 Å². The Bertz CT molecular complexity index is 218. The normalized spacial score (nSPS) is 14.1. The first kappa shape index (κ1) is 16.8. The first-order valence-corrected chi connectivity index (χ1v) is 4.65. The molecule has 0 aromatic heterocycles. The summed E-state index contributed by atoms with van der Waals surface area (Å²) in [6, 6.07) is -0.942. The second-order valence-corrected chi connectivity index (χ2v) is 3.13. The third-order valence-corrected chi connectivity index (χ3v) is 2.32. The zero-order valence-electron chi connectivity index (χ0n) is 9.14. The number of carboxylic acids is 2. The summed E-state index contributed by atoms with van der Waals surface area (Å²) in [6.07, 6.45) is 0. The largest absolute Gasteiger partial charge is 0.481 e. The highest BCUT2D eigenvalue weighted by Gasteiger charge is 2.33. The minimum Gasteiger partial charge on any atom is -0.481 e. The second kappa shape index (κ2) is 7.64. The highest BCUT2D eigenvalue weighted by molar-refractivity contribution is 8.93. The zero-order valence-corrected chi connectivity index (χ0v) is 10.8. The van der Waals surface area contributed by atoms with E-state index in [2.05, 4.69) is 0 Å². The predicted molar refractivity (Wildman–Crippen MR) is 61.5 cm³/mol. The van der Waals surface area contributed by atoms with Crippen molar-refractivity contribution in [2.75, 3.05) is 13.1 Å². The summed E-state index contributed by atoms with van der Waals surface area (Å²) in [5, 5.41) is 17.7. The highest BCUT2D eigenvalue weighted by Crippen LogP contribution is 2.11. The van der Waals surface area contributed by atoms with E-state index in [4.69, 9.17) is 10.2 Å². The molecule has 90 valence electrons. The molecule has 0 spiro atoms. The number of carbonyl (C=O) groups is 2. The van der Waals surface area contributed by atoms with Crippen LogP contribution < -0.4 is 0 Å². The first-order chi connectivity index (χ1) is 6.45. The molecule has 0 heterocycles. The van der Waals surface area contributed by atoms with E-state index in [1.807, 2.05) is 13.8 Å². The van der Waals surface area contributed by atoms with Crippen LogP contribution >= 0.6 is 17.0 Å². The lowest BCUT2D eigenvalue weighted by molar-refractivity contribution is -0.154. The fourth-order valence-corrected chi connectivity index (χ4v) is 1.44. The topological polar surface area (TPSA) is 77.8 Å². The maximum atomic E-state index is 10.9. The number of likely N-dealkylation sites (N-methyl/N-ethyl adjacent to an activating group) is 1. The van der Waals surface area contributed by atoms with Gasteiger partial charge in [0.2, 0.25) is 0 Å². The van der Waals surface area contributed by atoms with Crippen LogP contribution in [-0.2, 0) is 9.59 Å². The van der Waals surface area contributed by atoms with Crippen molar-refractivity contribution in [1.82, 2.24) is 4.90 Å². The van der Waals surface area contributed by atoms with Crippen LogP contribution in [0, 0.1) is 5.92 Å². The van der Waals surface area contributed by atoms with Crippen molar-refractivity contribution in [3.05, 3.63) is 0 Å². The minimum atomic E-state index is -1.08. The molecular weight excluding hydrogens is 266 g/mol. The van der Waals surface area contributed by atoms with Crippen molar-refractivity contribution < 1.29 is 19.8 Å². The Morgan fingerprint density at radius 3 is 1.73 bits per heavy atom. The van der Waals surface area contributed by atoms with Crippen molar-refractivity contribution in [2.24, 2.45) is 5.92 Å². The number of nitrogens with zero attached hydrogens (tertiary/aromatic N) is 1. The van der Waals surface area contributed by atoms with Gasteiger partial charge in [0.15, 0.2) is 0 Å². The standard InChI is InChI=1S/C9H17NO4.BrH/c1-4-10(5-2)7(9(13)14)6(3)8(11)12;/h6-7H,4-5H2,1-3H3,(H,11,12)(H,13,14);1H/t6-,7-;/m0./s1. The van der Waals surface area contributed by atoms with Crippen LogP contribution in [0.25, 0.3) is 0 Å². The van der Waals surface area contributed by atoms with Gasteiger partial charge in [0, 0.05) is 0 Å². The van der Waals surface area contributed by atoms with Gasteiger partial charge in [-0.2, -0.15) is 0 Å². The molecule has 2 N–H and O–H groups in total. The van der Waals surface area contributed by atoms with Gasteiger partial charge in [-0.1, -0.05) is 13.8 Å². The third kappa shape index (κ3) is 4.61. The minimum absolute atomic E-state index is 0. The Balaban J connectivity index is 0. The van der Waals surface area contributed by atoms with Gasteiger partial charge in [0.1, 0.15) is 6.04 Å². The summed E-state index contributed by atoms with van der Waals surface area (Å²) in [5.74, 6) is -3.06. The number of aliphatic carboxylic acids is 2. The van der Waals surface area contributed by atoms with E-state index in [-0.39, 0.29) is 17.0 Å². The summed E-state index contributed by atoms with van der Waals surface area (Å²) in [6.45, 7) is 6.11. The smallest absolute Gasteiger partial charge is 0.321 e. The quantitative estimate of drug-likeness (QED) is 0.763. The maximum Gasteiger partial charge on any atom is 0.321 e. The molecule has 0 unspecified atom stereocenters. The summed E-state index contributed by atoms with van der Waals surface area (Å²) >= 11 is 0. The van der Waals surface area contributed by atoms with E-state index in [1.54, 1.807) is 4.90 Å². The second-order valence-electron chi connectivity index (χ2n) is 3.13. The summed E-state index contributed by atoms with van der Waals surface area (Å²) in [7, 11) is 0. The predicted octanol–water partition coefficient (Wildman–Crippen LogP) is 1.08. The van der Waals surface area contributed by atoms with E-state index in [0.29, 0.717) is 13.1 Å². The van der Waals surface area contributed by atoms with Crippen LogP contribution in [0.2, 0.25) is 0 Å². The zero-order chi connectivity index (χ0) is 11.3. The molecule has 0 aliphatic rings. The number of carboxylic acid groups (broad SMARTS) is 2. The van der Waals surface area contributed by atoms with Crippen LogP contribution in [0.4, 0.5) is 0 Å². The summed E-state index contributed by atoms with van der Waals surface area (Å²) < 4.78 is 0. The van der Waals surface area contributed by atoms with Crippen LogP contribution in [-0.4, -0.2) is 46.2 Å². The third-order valence-electron chi connectivity index (χ3n) is 2.32. The summed E-state index contributed by atoms with van der Waals surface area (Å²) in [4.78, 5) is 23.2. The fraction of sp³-hybridized carbons (Fsp3) is 0.778. The molecule has 15 heavy (non-hydrogen) atoms. The Hall–Kier alpha value is -0.620. The average Bonchev–Trinajstić information content (AvgIpc) is 2.12. The fourth-order valence-electron chi connectivity index (χ4n) is 1.44. The van der Waals surface area contributed by atoms with Gasteiger partial charge in [0.25, 0.3) is 0 Å². The van der Waals surface area contributed by atoms with Crippen molar-refractivity contribution >= 4 is 28.9 Å². The Labute approximate surface area is 99.8 Å². The Kier molecular flexibility index (Phi) is 8.56. The maximum absolute atomic E-state index is 10.9. The molecule has 0 aromatic carbocycles. The molecule has 0 bridgehead atoms. The van der Waals surface area contributed by atoms with E-state index >= 15 is 0 Å². The van der Waals surface area contributed by atoms with E-state index in [1.165, 1.54) is 6.92 Å². The molecule has 5 nitrogen and oxygen atoms in total. The van der Waals surface area contributed by atoms with Crippen LogP contribution in [0.3, 0.4) is 0 Å². The van der Waals surface area contributed by atoms with Gasteiger partial charge in [-0.25, -0.2) is 0 Å². The monoisotopic (exact) mass is 283 g/mol. The van der Waals surface area contributed by atoms with Crippen LogP contribution in [0.15, 0.2) is 0 Å². The molecule has 0 fully saturated rings. The molecule has 0 amide bonds. The molecule has 0 saturated carbocycles. The van der Waals surface area contributed by atoms with Crippen molar-refractivity contribution in [3.63, 3.8) is 0 Å². The molecule has 0 radical (unpaired) electrons. The number of halogens is 1. The van der Waals surface area contributed by atoms with Crippen molar-refractivity contribution in [3.8, 4) is 0 Å². The summed E-state index contributed by atoms with van der Waals surface area (Å²) in [5.41, 5.74) is 0. The molecule has 0 aromatic rings. The van der Waals surface area contributed by atoms with Crippen molar-refractivity contribution in [2.45, 2.75) is 26.8 Å². The highest BCUT2D eigenvalue weighted by atomic mass is 79.9. The van der Waals surface area contributed by atoms with E-state index in [0.717, 1.165) is 0 Å². The van der Waals surface area contributed by atoms with Gasteiger partial charge in [-0.15, -0.1) is 17.0 Å². The molecule has 0 rings (SSSR count). The molecule has 0 aliphatic carbocycles. The lowest BCUT2D eigenvalue weighted by Gasteiger charge is -2.28. The van der Waals surface area contributed by atoms with Crippen LogP contribution in [0.5, 0.6) is 0 Å². The van der Waals surface area contributed by atoms with E-state index in [9.17, 15) is 9.59 Å². The van der Waals surface area contributed by atoms with Crippen molar-refractivity contribution in [1.29, 1.82) is 0 Å². The SMILES string of the molecule is Br.CCN(CC)[C@H](C(=O)O)[C@H](C)C(=O)O. The Morgan fingerprint density at radius 1 is 1.13 bits per heavy atom. The van der Waals surface area contributed by atoms with Gasteiger partial charge in [-0.05, 0) is 20.0 Å². The lowest BCUT2D eigenvalue weighted by Crippen LogP contribution is -2.47. The number of rotatable bonds is 6. The number of hydrogen-bond acceptors (Lipinski definition) is 3. The molecule has 0 saturated heterocycles. The van der Waals surface area contributed by atoms with Gasteiger partial charge in [0.05, 0.1) is 5.92 Å². The van der Waals surface area contributed by atoms with Crippen LogP contribution in [0.1, 0.15) is 20.8 Å². The number of hydrogen-bond donors (Lipinski definition) is 2. The molecule has 0 aliphatic heterocycles. The first-order valence-electron chi connectivity index (χ1n) is 4.65. The molecule has 6 heteroatoms. The molecular formula is C9H18BrNO4. The lowest BCUT2D eigenvalue weighted by atomic mass is 10.0. The van der Waals surface area contributed by atoms with Gasteiger partial charge < -0.3 is 10.2 Å². The van der Waals surface area contributed by atoms with Gasteiger partial charge in [-0.3, -0.25) is 14.5 Å². The average molecular weight is 284 g/mol. The Morgan fingerprint density at radius 2 is 1.53 bits per heavy atom. The van der Waals surface area contributed by atoms with E-state index < -0.39 is 23.9 Å². The molecule has 2 atom stereocenters.